The smallest absolute Gasteiger partial charge is 0.137 e. The fraction of sp³-hybridized carbons (Fsp3) is 0.0400. The summed E-state index contributed by atoms with van der Waals surface area (Å²) >= 11 is 0. The van der Waals surface area contributed by atoms with Crippen molar-refractivity contribution in [2.24, 2.45) is 0 Å². The van der Waals surface area contributed by atoms with E-state index in [2.05, 4.69) is 204 Å². The van der Waals surface area contributed by atoms with Gasteiger partial charge in [0.1, 0.15) is 11.2 Å². The van der Waals surface area contributed by atoms with Gasteiger partial charge < -0.3 is 13.9 Å². The minimum absolute atomic E-state index is 0. The second-order valence-electron chi connectivity index (χ2n) is 13.0. The van der Waals surface area contributed by atoms with Gasteiger partial charge in [-0.05, 0) is 101 Å². The van der Waals surface area contributed by atoms with E-state index < -0.39 is 0 Å². The molecule has 10 rings (SSSR count). The Hall–Kier alpha value is -6.84. The molecular weight excluding hydrogens is 645 g/mol. The van der Waals surface area contributed by atoms with E-state index in [1.807, 2.05) is 0 Å². The first-order valence-electron chi connectivity index (χ1n) is 17.4. The van der Waals surface area contributed by atoms with E-state index in [1.165, 1.54) is 38.5 Å². The third-order valence-corrected chi connectivity index (χ3v) is 9.98. The first kappa shape index (κ1) is 33.3. The first-order valence-corrected chi connectivity index (χ1v) is 17.4. The molecule has 53 heavy (non-hydrogen) atoms. The van der Waals surface area contributed by atoms with Crippen molar-refractivity contribution < 1.29 is 4.42 Å². The average molecular weight is 685 g/mol. The summed E-state index contributed by atoms with van der Waals surface area (Å²) in [6.07, 6.45) is 0. The van der Waals surface area contributed by atoms with Gasteiger partial charge in [0.25, 0.3) is 0 Å². The van der Waals surface area contributed by atoms with Crippen molar-refractivity contribution in [2.45, 2.75) is 14.9 Å². The molecule has 0 N–H and O–H groups in total. The molecule has 0 bridgehead atoms. The number of aromatic nitrogens is 1. The Labute approximate surface area is 310 Å². The topological polar surface area (TPSA) is 21.3 Å². The normalized spacial score (nSPS) is 11.1. The Balaban J connectivity index is 0.00000200. The molecule has 0 aliphatic heterocycles. The standard InChI is InChI=1S/C48H32N2O.2CH4/c1-4-13-33(14-5-1)34-23-27-39(28-24-34)49(37-15-6-2-7-16-37)45-21-12-22-47-48(45)42-32-36(26-30-46(42)51-47)35-25-29-44-41(31-35)40-19-10-11-20-43(40)50(44)38-17-8-3-9-18-38;;/h1-32H;2*1H4. The molecule has 10 aromatic rings. The second-order valence-corrected chi connectivity index (χ2v) is 13.0. The van der Waals surface area contributed by atoms with Crippen molar-refractivity contribution >= 4 is 60.8 Å². The molecular formula is C50H40N2O. The van der Waals surface area contributed by atoms with E-state index in [0.29, 0.717) is 0 Å². The maximum absolute atomic E-state index is 6.53. The van der Waals surface area contributed by atoms with E-state index in [1.54, 1.807) is 0 Å². The summed E-state index contributed by atoms with van der Waals surface area (Å²) < 4.78 is 8.89. The van der Waals surface area contributed by atoms with Crippen LogP contribution in [0.3, 0.4) is 0 Å². The molecule has 0 saturated carbocycles. The van der Waals surface area contributed by atoms with Gasteiger partial charge in [-0.1, -0.05) is 130 Å². The van der Waals surface area contributed by atoms with E-state index in [-0.39, 0.29) is 14.9 Å². The number of furan rings is 1. The van der Waals surface area contributed by atoms with Crippen LogP contribution in [-0.2, 0) is 0 Å². The van der Waals surface area contributed by atoms with Gasteiger partial charge in [0.2, 0.25) is 0 Å². The number of anilines is 3. The number of hydrogen-bond acceptors (Lipinski definition) is 2. The molecule has 3 heteroatoms. The Morgan fingerprint density at radius 2 is 0.943 bits per heavy atom. The molecule has 8 aromatic carbocycles. The van der Waals surface area contributed by atoms with Gasteiger partial charge >= 0.3 is 0 Å². The zero-order chi connectivity index (χ0) is 33.7. The molecule has 3 nitrogen and oxygen atoms in total. The van der Waals surface area contributed by atoms with Crippen LogP contribution in [0.4, 0.5) is 17.1 Å². The highest BCUT2D eigenvalue weighted by Crippen LogP contribution is 2.44. The fourth-order valence-corrected chi connectivity index (χ4v) is 7.62. The lowest BCUT2D eigenvalue weighted by atomic mass is 10.00. The van der Waals surface area contributed by atoms with Crippen LogP contribution in [0.25, 0.3) is 71.7 Å². The monoisotopic (exact) mass is 684 g/mol. The zero-order valence-corrected chi connectivity index (χ0v) is 27.8. The number of nitrogens with zero attached hydrogens (tertiary/aromatic N) is 2. The molecule has 0 amide bonds. The quantitative estimate of drug-likeness (QED) is 0.174. The van der Waals surface area contributed by atoms with Crippen molar-refractivity contribution in [3.05, 3.63) is 194 Å². The summed E-state index contributed by atoms with van der Waals surface area (Å²) in [6.45, 7) is 0. The highest BCUT2D eigenvalue weighted by Gasteiger charge is 2.20. The Kier molecular flexibility index (Phi) is 8.61. The Morgan fingerprint density at radius 1 is 0.377 bits per heavy atom. The summed E-state index contributed by atoms with van der Waals surface area (Å²) in [7, 11) is 0. The summed E-state index contributed by atoms with van der Waals surface area (Å²) in [6, 6.07) is 69.0. The first-order chi connectivity index (χ1) is 25.3. The van der Waals surface area contributed by atoms with Gasteiger partial charge in [-0.2, -0.15) is 0 Å². The van der Waals surface area contributed by atoms with Crippen LogP contribution in [0.1, 0.15) is 14.9 Å². The van der Waals surface area contributed by atoms with E-state index in [0.717, 1.165) is 50.3 Å². The molecule has 0 saturated heterocycles. The van der Waals surface area contributed by atoms with Crippen LogP contribution in [0.2, 0.25) is 0 Å². The minimum Gasteiger partial charge on any atom is -0.456 e. The number of para-hydroxylation sites is 3. The Bertz CT molecular complexity index is 2830. The third-order valence-electron chi connectivity index (χ3n) is 9.98. The van der Waals surface area contributed by atoms with Crippen LogP contribution in [0.15, 0.2) is 199 Å². The number of benzene rings is 8. The van der Waals surface area contributed by atoms with Crippen molar-refractivity contribution in [3.8, 4) is 27.9 Å². The summed E-state index contributed by atoms with van der Waals surface area (Å²) in [4.78, 5) is 2.34. The largest absolute Gasteiger partial charge is 0.456 e. The predicted molar refractivity (Wildman–Crippen MR) is 227 cm³/mol. The lowest BCUT2D eigenvalue weighted by Gasteiger charge is -2.26. The van der Waals surface area contributed by atoms with Gasteiger partial charge in [0.05, 0.1) is 22.1 Å². The Morgan fingerprint density at radius 3 is 1.70 bits per heavy atom. The number of hydrogen-bond donors (Lipinski definition) is 0. The molecule has 0 atom stereocenters. The van der Waals surface area contributed by atoms with Crippen molar-refractivity contribution in [1.29, 1.82) is 0 Å². The molecule has 0 aliphatic carbocycles. The van der Waals surface area contributed by atoms with Gasteiger partial charge in [-0.15, -0.1) is 0 Å². The highest BCUT2D eigenvalue weighted by atomic mass is 16.3. The second kappa shape index (κ2) is 13.7. The van der Waals surface area contributed by atoms with Crippen molar-refractivity contribution in [3.63, 3.8) is 0 Å². The highest BCUT2D eigenvalue weighted by molar-refractivity contribution is 6.15. The van der Waals surface area contributed by atoms with Crippen molar-refractivity contribution in [1.82, 2.24) is 4.57 Å². The lowest BCUT2D eigenvalue weighted by Crippen LogP contribution is -2.10. The van der Waals surface area contributed by atoms with Crippen LogP contribution >= 0.6 is 0 Å². The lowest BCUT2D eigenvalue weighted by molar-refractivity contribution is 0.669. The maximum atomic E-state index is 6.53. The summed E-state index contributed by atoms with van der Waals surface area (Å²) in [5.74, 6) is 0. The molecule has 2 heterocycles. The number of rotatable bonds is 6. The predicted octanol–water partition coefficient (Wildman–Crippen LogP) is 14.8. The van der Waals surface area contributed by atoms with Crippen LogP contribution in [-0.4, -0.2) is 4.57 Å². The van der Waals surface area contributed by atoms with Crippen LogP contribution in [0, 0.1) is 0 Å². The molecule has 0 fully saturated rings. The maximum Gasteiger partial charge on any atom is 0.137 e. The number of fused-ring (bicyclic) bond motifs is 6. The molecule has 0 unspecified atom stereocenters. The van der Waals surface area contributed by atoms with E-state index in [9.17, 15) is 0 Å². The average Bonchev–Trinajstić information content (AvgIpc) is 3.75. The summed E-state index contributed by atoms with van der Waals surface area (Å²) in [5, 5.41) is 4.66. The SMILES string of the molecule is C.C.c1ccc(-c2ccc(N(c3ccccc3)c3cccc4oc5ccc(-c6ccc7c(c6)c6ccccc6n7-c6ccccc6)cc5c34)cc2)cc1. The fourth-order valence-electron chi connectivity index (χ4n) is 7.62. The van der Waals surface area contributed by atoms with Gasteiger partial charge in [-0.3, -0.25) is 0 Å². The van der Waals surface area contributed by atoms with Crippen molar-refractivity contribution in [2.75, 3.05) is 4.90 Å². The molecule has 0 spiro atoms. The molecule has 256 valence electrons. The molecule has 0 radical (unpaired) electrons. The third kappa shape index (κ3) is 5.64. The molecule has 2 aromatic heterocycles. The van der Waals surface area contributed by atoms with E-state index in [4.69, 9.17) is 4.42 Å². The zero-order valence-electron chi connectivity index (χ0n) is 27.8. The minimum atomic E-state index is 0. The summed E-state index contributed by atoms with van der Waals surface area (Å²) in [5.41, 5.74) is 13.2. The van der Waals surface area contributed by atoms with Crippen LogP contribution in [0.5, 0.6) is 0 Å². The van der Waals surface area contributed by atoms with E-state index >= 15 is 0 Å². The van der Waals surface area contributed by atoms with Crippen LogP contribution < -0.4 is 4.90 Å². The molecule has 0 aliphatic rings. The van der Waals surface area contributed by atoms with Gasteiger partial charge in [0, 0.05) is 33.2 Å². The van der Waals surface area contributed by atoms with Gasteiger partial charge in [0.15, 0.2) is 0 Å². The van der Waals surface area contributed by atoms with Gasteiger partial charge in [-0.25, -0.2) is 0 Å².